The van der Waals surface area contributed by atoms with Crippen LogP contribution in [-0.2, 0) is 6.54 Å². The van der Waals surface area contributed by atoms with Crippen LogP contribution in [0.15, 0.2) is 18.2 Å². The number of fused-ring (bicyclic) bond motifs is 3. The molecule has 0 radical (unpaired) electrons. The average molecular weight is 255 g/mol. The summed E-state index contributed by atoms with van der Waals surface area (Å²) in [5.41, 5.74) is 9.65. The normalized spacial score (nSPS) is 29.4. The monoisotopic (exact) mass is 255 g/mol. The van der Waals surface area contributed by atoms with E-state index in [-0.39, 0.29) is 0 Å². The van der Waals surface area contributed by atoms with Crippen molar-refractivity contribution in [3.63, 3.8) is 0 Å². The Morgan fingerprint density at radius 1 is 1.32 bits per heavy atom. The molecule has 2 bridgehead atoms. The number of aromatic nitrogens is 2. The van der Waals surface area contributed by atoms with Crippen molar-refractivity contribution in [2.45, 2.75) is 39.2 Å². The minimum atomic E-state index is 0.687. The minimum Gasteiger partial charge on any atom is -0.369 e. The number of rotatable bonds is 2. The number of benzene rings is 1. The SMILES string of the molecule is Cc1cccc2c1nc(N)n2CC1CC2CCC1C2. The van der Waals surface area contributed by atoms with Gasteiger partial charge < -0.3 is 10.3 Å². The molecule has 4 rings (SSSR count). The number of hydrogen-bond donors (Lipinski definition) is 1. The lowest BCUT2D eigenvalue weighted by molar-refractivity contribution is 0.300. The minimum absolute atomic E-state index is 0.687. The fourth-order valence-electron chi connectivity index (χ4n) is 4.33. The van der Waals surface area contributed by atoms with E-state index in [1.54, 1.807) is 0 Å². The fraction of sp³-hybridized carbons (Fsp3) is 0.562. The molecule has 0 aliphatic heterocycles. The predicted octanol–water partition coefficient (Wildman–Crippen LogP) is 3.36. The summed E-state index contributed by atoms with van der Waals surface area (Å²) in [5, 5.41) is 0. The molecule has 3 heteroatoms. The van der Waals surface area contributed by atoms with Crippen LogP contribution in [0.4, 0.5) is 5.95 Å². The van der Waals surface area contributed by atoms with Crippen LogP contribution in [0.5, 0.6) is 0 Å². The van der Waals surface area contributed by atoms with E-state index in [9.17, 15) is 0 Å². The van der Waals surface area contributed by atoms with Gasteiger partial charge in [-0.15, -0.1) is 0 Å². The highest BCUT2D eigenvalue weighted by molar-refractivity contribution is 5.81. The highest BCUT2D eigenvalue weighted by Gasteiger charge is 2.39. The molecule has 100 valence electrons. The van der Waals surface area contributed by atoms with E-state index in [0.29, 0.717) is 5.95 Å². The van der Waals surface area contributed by atoms with Crippen molar-refractivity contribution in [2.75, 3.05) is 5.73 Å². The van der Waals surface area contributed by atoms with E-state index >= 15 is 0 Å². The molecule has 2 saturated carbocycles. The first kappa shape index (κ1) is 11.3. The Bertz CT molecular complexity index is 628. The van der Waals surface area contributed by atoms with Crippen molar-refractivity contribution in [1.29, 1.82) is 0 Å². The number of nitrogens with two attached hydrogens (primary N) is 1. The fourth-order valence-corrected chi connectivity index (χ4v) is 4.33. The molecule has 2 N–H and O–H groups in total. The van der Waals surface area contributed by atoms with Crippen LogP contribution in [0.1, 0.15) is 31.2 Å². The summed E-state index contributed by atoms with van der Waals surface area (Å²) in [6.45, 7) is 3.17. The van der Waals surface area contributed by atoms with Gasteiger partial charge in [0.2, 0.25) is 5.95 Å². The second-order valence-corrected chi connectivity index (χ2v) is 6.46. The third-order valence-corrected chi connectivity index (χ3v) is 5.31. The van der Waals surface area contributed by atoms with Crippen molar-refractivity contribution in [1.82, 2.24) is 9.55 Å². The molecule has 2 fully saturated rings. The molecule has 0 amide bonds. The molecule has 0 saturated heterocycles. The van der Waals surface area contributed by atoms with E-state index in [0.717, 1.165) is 29.8 Å². The molecule has 19 heavy (non-hydrogen) atoms. The standard InChI is InChI=1S/C16H21N3/c1-10-3-2-4-14-15(10)18-16(17)19(14)9-13-8-11-5-6-12(13)7-11/h2-4,11-13H,5-9H2,1H3,(H2,17,18). The Balaban J connectivity index is 1.71. The summed E-state index contributed by atoms with van der Waals surface area (Å²) in [4.78, 5) is 4.56. The molecular weight excluding hydrogens is 234 g/mol. The number of aryl methyl sites for hydroxylation is 1. The summed E-state index contributed by atoms with van der Waals surface area (Å²) in [6.07, 6.45) is 5.74. The molecule has 1 aromatic heterocycles. The Labute approximate surface area is 113 Å². The van der Waals surface area contributed by atoms with Gasteiger partial charge in [0, 0.05) is 6.54 Å². The Morgan fingerprint density at radius 2 is 2.21 bits per heavy atom. The van der Waals surface area contributed by atoms with Gasteiger partial charge in [-0.2, -0.15) is 0 Å². The van der Waals surface area contributed by atoms with Gasteiger partial charge in [-0.3, -0.25) is 0 Å². The maximum atomic E-state index is 6.15. The molecule has 1 aromatic carbocycles. The van der Waals surface area contributed by atoms with Gasteiger partial charge in [0.15, 0.2) is 0 Å². The summed E-state index contributed by atoms with van der Waals surface area (Å²) in [6, 6.07) is 6.37. The van der Waals surface area contributed by atoms with Gasteiger partial charge in [0.05, 0.1) is 11.0 Å². The van der Waals surface area contributed by atoms with Gasteiger partial charge in [0.25, 0.3) is 0 Å². The molecule has 3 nitrogen and oxygen atoms in total. The van der Waals surface area contributed by atoms with Gasteiger partial charge in [-0.05, 0) is 55.6 Å². The van der Waals surface area contributed by atoms with Crippen LogP contribution in [0.3, 0.4) is 0 Å². The van der Waals surface area contributed by atoms with Crippen LogP contribution in [-0.4, -0.2) is 9.55 Å². The third kappa shape index (κ3) is 1.67. The van der Waals surface area contributed by atoms with Gasteiger partial charge in [-0.25, -0.2) is 4.98 Å². The summed E-state index contributed by atoms with van der Waals surface area (Å²) in [7, 11) is 0. The largest absolute Gasteiger partial charge is 0.369 e. The van der Waals surface area contributed by atoms with E-state index in [1.807, 2.05) is 0 Å². The van der Waals surface area contributed by atoms with Crippen LogP contribution in [0, 0.1) is 24.7 Å². The van der Waals surface area contributed by atoms with E-state index in [2.05, 4.69) is 34.7 Å². The van der Waals surface area contributed by atoms with Crippen molar-refractivity contribution in [2.24, 2.45) is 17.8 Å². The first-order chi connectivity index (χ1) is 9.22. The second-order valence-electron chi connectivity index (χ2n) is 6.46. The number of anilines is 1. The van der Waals surface area contributed by atoms with Gasteiger partial charge in [-0.1, -0.05) is 18.6 Å². The first-order valence-corrected chi connectivity index (χ1v) is 7.43. The molecule has 0 spiro atoms. The number of nitrogens with zero attached hydrogens (tertiary/aromatic N) is 2. The van der Waals surface area contributed by atoms with Crippen LogP contribution in [0.2, 0.25) is 0 Å². The number of para-hydroxylation sites is 1. The maximum Gasteiger partial charge on any atom is 0.201 e. The van der Waals surface area contributed by atoms with Crippen molar-refractivity contribution < 1.29 is 0 Å². The molecule has 1 heterocycles. The van der Waals surface area contributed by atoms with Crippen LogP contribution in [0.25, 0.3) is 11.0 Å². The number of hydrogen-bond acceptors (Lipinski definition) is 2. The topological polar surface area (TPSA) is 43.8 Å². The summed E-state index contributed by atoms with van der Waals surface area (Å²) >= 11 is 0. The van der Waals surface area contributed by atoms with Gasteiger partial charge in [0.1, 0.15) is 0 Å². The van der Waals surface area contributed by atoms with E-state index in [1.165, 1.54) is 36.8 Å². The highest BCUT2D eigenvalue weighted by atomic mass is 15.2. The smallest absolute Gasteiger partial charge is 0.201 e. The maximum absolute atomic E-state index is 6.15. The predicted molar refractivity (Wildman–Crippen MR) is 77.8 cm³/mol. The van der Waals surface area contributed by atoms with E-state index < -0.39 is 0 Å². The number of nitrogen functional groups attached to an aromatic ring is 1. The molecule has 2 aliphatic rings. The van der Waals surface area contributed by atoms with Crippen molar-refractivity contribution in [3.05, 3.63) is 23.8 Å². The molecule has 3 unspecified atom stereocenters. The van der Waals surface area contributed by atoms with Crippen molar-refractivity contribution >= 4 is 17.0 Å². The molecule has 3 atom stereocenters. The molecule has 2 aromatic rings. The third-order valence-electron chi connectivity index (χ3n) is 5.31. The Kier molecular flexibility index (Phi) is 2.38. The summed E-state index contributed by atoms with van der Waals surface area (Å²) in [5.74, 6) is 3.44. The second kappa shape index (κ2) is 3.99. The van der Waals surface area contributed by atoms with E-state index in [4.69, 9.17) is 5.73 Å². The van der Waals surface area contributed by atoms with Crippen molar-refractivity contribution in [3.8, 4) is 0 Å². The average Bonchev–Trinajstić information content (AvgIpc) is 3.07. The van der Waals surface area contributed by atoms with Crippen LogP contribution >= 0.6 is 0 Å². The van der Waals surface area contributed by atoms with Crippen LogP contribution < -0.4 is 5.73 Å². The Hall–Kier alpha value is -1.51. The highest BCUT2D eigenvalue weighted by Crippen LogP contribution is 2.49. The number of imidazole rings is 1. The zero-order valence-electron chi connectivity index (χ0n) is 11.5. The first-order valence-electron chi connectivity index (χ1n) is 7.43. The quantitative estimate of drug-likeness (QED) is 0.894. The zero-order chi connectivity index (χ0) is 13.0. The Morgan fingerprint density at radius 3 is 2.95 bits per heavy atom. The summed E-state index contributed by atoms with van der Waals surface area (Å²) < 4.78 is 2.24. The lowest BCUT2D eigenvalue weighted by Crippen LogP contribution is -2.18. The molecule has 2 aliphatic carbocycles. The molecular formula is C16H21N3. The lowest BCUT2D eigenvalue weighted by atomic mass is 9.89. The van der Waals surface area contributed by atoms with Gasteiger partial charge >= 0.3 is 0 Å². The zero-order valence-corrected chi connectivity index (χ0v) is 11.5. The lowest BCUT2D eigenvalue weighted by Gasteiger charge is -2.22.